The van der Waals surface area contributed by atoms with Crippen molar-refractivity contribution in [1.82, 2.24) is 0 Å². The van der Waals surface area contributed by atoms with Crippen LogP contribution in [0.1, 0.15) is 27.6 Å². The van der Waals surface area contributed by atoms with E-state index in [1.54, 1.807) is 6.92 Å². The number of nitro groups is 1. The Labute approximate surface area is 105 Å². The summed E-state index contributed by atoms with van der Waals surface area (Å²) in [5, 5.41) is 10.6. The lowest BCUT2D eigenvalue weighted by Crippen LogP contribution is -2.07. The van der Waals surface area contributed by atoms with Crippen LogP contribution in [0.25, 0.3) is 0 Å². The lowest BCUT2D eigenvalue weighted by molar-refractivity contribution is -0.384. The molecule has 0 bridgehead atoms. The molecule has 0 unspecified atom stereocenters. The zero-order valence-corrected chi connectivity index (χ0v) is 10.4. The van der Waals surface area contributed by atoms with Crippen LogP contribution in [0.2, 0.25) is 0 Å². The maximum absolute atomic E-state index is 11.5. The van der Waals surface area contributed by atoms with Crippen LogP contribution in [0.5, 0.6) is 0 Å². The van der Waals surface area contributed by atoms with Crippen LogP contribution >= 0.6 is 15.9 Å². The number of ether oxygens (including phenoxy) is 1. The summed E-state index contributed by atoms with van der Waals surface area (Å²) in [5.41, 5.74) is -0.344. The normalized spacial score (nSPS) is 9.76. The molecule has 0 amide bonds. The molecule has 6 nitrogen and oxygen atoms in total. The van der Waals surface area contributed by atoms with Gasteiger partial charge in [0.25, 0.3) is 5.69 Å². The molecule has 7 heteroatoms. The van der Waals surface area contributed by atoms with E-state index < -0.39 is 10.9 Å². The third-order valence-corrected chi connectivity index (χ3v) is 2.80. The fraction of sp³-hybridized carbons (Fsp3) is 0.200. The highest BCUT2D eigenvalue weighted by molar-refractivity contribution is 9.10. The first-order chi connectivity index (χ1) is 8.01. The molecule has 0 aliphatic carbocycles. The highest BCUT2D eigenvalue weighted by atomic mass is 79.9. The Kier molecular flexibility index (Phi) is 4.33. The maximum Gasteiger partial charge on any atom is 0.339 e. The molecule has 1 aromatic rings. The molecule has 17 heavy (non-hydrogen) atoms. The van der Waals surface area contributed by atoms with Gasteiger partial charge < -0.3 is 4.74 Å². The van der Waals surface area contributed by atoms with E-state index in [0.717, 1.165) is 12.1 Å². The topological polar surface area (TPSA) is 86.5 Å². The quantitative estimate of drug-likeness (QED) is 0.369. The highest BCUT2D eigenvalue weighted by Gasteiger charge is 2.20. The minimum Gasteiger partial charge on any atom is -0.462 e. The Bertz CT molecular complexity index is 486. The lowest BCUT2D eigenvalue weighted by Gasteiger charge is -2.05. The van der Waals surface area contributed by atoms with E-state index in [1.165, 1.54) is 0 Å². The number of aldehydes is 1. The van der Waals surface area contributed by atoms with Gasteiger partial charge in [0.1, 0.15) is 0 Å². The molecule has 1 aromatic carbocycles. The molecular formula is C10H8BrNO5. The molecule has 0 spiro atoms. The zero-order valence-electron chi connectivity index (χ0n) is 8.81. The van der Waals surface area contributed by atoms with E-state index in [9.17, 15) is 19.7 Å². The van der Waals surface area contributed by atoms with E-state index >= 15 is 0 Å². The van der Waals surface area contributed by atoms with Crippen molar-refractivity contribution < 1.29 is 19.2 Å². The smallest absolute Gasteiger partial charge is 0.339 e. The van der Waals surface area contributed by atoms with Crippen molar-refractivity contribution in [2.24, 2.45) is 0 Å². The number of hydrogen-bond donors (Lipinski definition) is 0. The number of esters is 1. The second-order valence-corrected chi connectivity index (χ2v) is 3.78. The van der Waals surface area contributed by atoms with Gasteiger partial charge in [-0.25, -0.2) is 4.79 Å². The average molecular weight is 302 g/mol. The Morgan fingerprint density at radius 2 is 2.24 bits per heavy atom. The van der Waals surface area contributed by atoms with E-state index in [0.29, 0.717) is 6.29 Å². The molecule has 0 fully saturated rings. The number of carbonyl (C=O) groups excluding carboxylic acids is 2. The first-order valence-corrected chi connectivity index (χ1v) is 5.40. The summed E-state index contributed by atoms with van der Waals surface area (Å²) in [6, 6.07) is 2.15. The minimum atomic E-state index is -0.717. The molecule has 90 valence electrons. The van der Waals surface area contributed by atoms with Crippen LogP contribution in [0, 0.1) is 10.1 Å². The molecule has 0 aliphatic heterocycles. The number of benzene rings is 1. The molecule has 0 saturated carbocycles. The number of hydrogen-bond acceptors (Lipinski definition) is 5. The number of rotatable bonds is 4. The predicted molar refractivity (Wildman–Crippen MR) is 62.1 cm³/mol. The van der Waals surface area contributed by atoms with Crippen LogP contribution in [-0.2, 0) is 4.74 Å². The molecule has 0 radical (unpaired) electrons. The minimum absolute atomic E-state index is 0.0299. The second-order valence-electron chi connectivity index (χ2n) is 2.99. The number of nitrogens with zero attached hydrogens (tertiary/aromatic N) is 1. The number of halogens is 1. The fourth-order valence-corrected chi connectivity index (χ4v) is 1.66. The monoisotopic (exact) mass is 301 g/mol. The number of carbonyl (C=O) groups is 2. The lowest BCUT2D eigenvalue weighted by atomic mass is 10.1. The van der Waals surface area contributed by atoms with Crippen molar-refractivity contribution in [3.8, 4) is 0 Å². The third kappa shape index (κ3) is 2.88. The Balaban J connectivity index is 3.37. The van der Waals surface area contributed by atoms with Gasteiger partial charge >= 0.3 is 5.97 Å². The summed E-state index contributed by atoms with van der Waals surface area (Å²) in [6.45, 7) is 1.76. The Morgan fingerprint density at radius 1 is 1.59 bits per heavy atom. The van der Waals surface area contributed by atoms with Gasteiger partial charge in [-0.15, -0.1) is 0 Å². The van der Waals surface area contributed by atoms with Gasteiger partial charge in [0.2, 0.25) is 0 Å². The van der Waals surface area contributed by atoms with Crippen LogP contribution in [0.4, 0.5) is 5.69 Å². The molecule has 0 atom stereocenters. The Hall–Kier alpha value is -1.76. The van der Waals surface area contributed by atoms with Crippen molar-refractivity contribution in [1.29, 1.82) is 0 Å². The van der Waals surface area contributed by atoms with Crippen LogP contribution in [-0.4, -0.2) is 23.8 Å². The van der Waals surface area contributed by atoms with Gasteiger partial charge in [0.15, 0.2) is 6.29 Å². The van der Waals surface area contributed by atoms with Gasteiger partial charge in [-0.3, -0.25) is 14.9 Å². The maximum atomic E-state index is 11.5. The van der Waals surface area contributed by atoms with Crippen LogP contribution < -0.4 is 0 Å². The summed E-state index contributed by atoms with van der Waals surface area (Å²) >= 11 is 3.04. The summed E-state index contributed by atoms with van der Waals surface area (Å²) in [7, 11) is 0. The SMILES string of the molecule is CCOC(=O)c1cc([N+](=O)[O-])cc(C=O)c1Br. The summed E-state index contributed by atoms with van der Waals surface area (Å²) in [5.74, 6) is -0.717. The van der Waals surface area contributed by atoms with Crippen molar-refractivity contribution >= 4 is 33.9 Å². The molecule has 0 aromatic heterocycles. The second kappa shape index (κ2) is 5.53. The van der Waals surface area contributed by atoms with Gasteiger partial charge in [-0.2, -0.15) is 0 Å². The van der Waals surface area contributed by atoms with E-state index in [-0.39, 0.29) is 27.9 Å². The van der Waals surface area contributed by atoms with Crippen molar-refractivity contribution in [2.75, 3.05) is 6.61 Å². The average Bonchev–Trinajstić information content (AvgIpc) is 2.29. The molecule has 0 aliphatic rings. The summed E-state index contributed by atoms with van der Waals surface area (Å²) in [6.07, 6.45) is 0.430. The highest BCUT2D eigenvalue weighted by Crippen LogP contribution is 2.27. The summed E-state index contributed by atoms with van der Waals surface area (Å²) < 4.78 is 4.93. The van der Waals surface area contributed by atoms with Gasteiger partial charge in [0, 0.05) is 22.2 Å². The van der Waals surface area contributed by atoms with Crippen molar-refractivity contribution in [3.63, 3.8) is 0 Å². The fourth-order valence-electron chi connectivity index (χ4n) is 1.18. The van der Waals surface area contributed by atoms with E-state index in [2.05, 4.69) is 15.9 Å². The van der Waals surface area contributed by atoms with Crippen molar-refractivity contribution in [3.05, 3.63) is 37.8 Å². The molecule has 1 rings (SSSR count). The largest absolute Gasteiger partial charge is 0.462 e. The van der Waals surface area contributed by atoms with Crippen LogP contribution in [0.15, 0.2) is 16.6 Å². The Morgan fingerprint density at radius 3 is 2.71 bits per heavy atom. The number of non-ortho nitro benzene ring substituents is 1. The molecule has 0 N–H and O–H groups in total. The predicted octanol–water partition coefficient (Wildman–Crippen LogP) is 2.35. The van der Waals surface area contributed by atoms with Gasteiger partial charge in [0.05, 0.1) is 17.1 Å². The van der Waals surface area contributed by atoms with E-state index in [1.807, 2.05) is 0 Å². The van der Waals surface area contributed by atoms with Gasteiger partial charge in [-0.1, -0.05) is 0 Å². The molecular weight excluding hydrogens is 294 g/mol. The third-order valence-electron chi connectivity index (χ3n) is 1.92. The van der Waals surface area contributed by atoms with Gasteiger partial charge in [-0.05, 0) is 22.9 Å². The van der Waals surface area contributed by atoms with Crippen molar-refractivity contribution in [2.45, 2.75) is 6.92 Å². The summed E-state index contributed by atoms with van der Waals surface area (Å²) in [4.78, 5) is 32.2. The molecule has 0 saturated heterocycles. The molecule has 0 heterocycles. The first kappa shape index (κ1) is 13.3. The van der Waals surface area contributed by atoms with Crippen LogP contribution in [0.3, 0.4) is 0 Å². The standard InChI is InChI=1S/C10H8BrNO5/c1-2-17-10(14)8-4-7(12(15)16)3-6(5-13)9(8)11/h3-5H,2H2,1H3. The number of nitro benzene ring substituents is 1. The zero-order chi connectivity index (χ0) is 13.0. The first-order valence-electron chi connectivity index (χ1n) is 4.61. The van der Waals surface area contributed by atoms with E-state index in [4.69, 9.17) is 4.74 Å².